The lowest BCUT2D eigenvalue weighted by Crippen LogP contribution is -2.23. The van der Waals surface area contributed by atoms with E-state index in [0.29, 0.717) is 16.9 Å². The molecule has 5 nitrogen and oxygen atoms in total. The van der Waals surface area contributed by atoms with E-state index in [1.165, 1.54) is 0 Å². The van der Waals surface area contributed by atoms with Crippen molar-refractivity contribution in [1.82, 2.24) is 0 Å². The van der Waals surface area contributed by atoms with Gasteiger partial charge in [0.1, 0.15) is 0 Å². The molecule has 5 heteroatoms. The lowest BCUT2D eigenvalue weighted by Gasteiger charge is -2.13. The van der Waals surface area contributed by atoms with E-state index in [1.54, 1.807) is 18.2 Å². The molecule has 3 N–H and O–H groups in total. The van der Waals surface area contributed by atoms with Gasteiger partial charge in [-0.1, -0.05) is 60.7 Å². The molecule has 4 rings (SSSR count). The summed E-state index contributed by atoms with van der Waals surface area (Å²) in [5.41, 5.74) is 2.52. The van der Waals surface area contributed by atoms with Crippen LogP contribution < -0.4 is 16.0 Å². The van der Waals surface area contributed by atoms with Crippen LogP contribution in [-0.2, 0) is 4.79 Å². The normalized spacial score (nSPS) is 10.4. The predicted molar refractivity (Wildman–Crippen MR) is 122 cm³/mol. The molecule has 30 heavy (non-hydrogen) atoms. The fourth-order valence-electron chi connectivity index (χ4n) is 3.20. The van der Waals surface area contributed by atoms with Gasteiger partial charge in [0.15, 0.2) is 0 Å². The average molecular weight is 395 g/mol. The highest BCUT2D eigenvalue weighted by Gasteiger charge is 2.12. The number of hydrogen-bond acceptors (Lipinski definition) is 3. The average Bonchev–Trinajstić information content (AvgIpc) is 2.78. The summed E-state index contributed by atoms with van der Waals surface area (Å²) in [6, 6.07) is 30.1. The SMILES string of the molecule is O=C(CNc1ccccc1C(=O)Nc1ccccc1)Nc1ccc2ccccc2c1. The number of para-hydroxylation sites is 2. The fourth-order valence-corrected chi connectivity index (χ4v) is 3.20. The van der Waals surface area contributed by atoms with Gasteiger partial charge in [-0.15, -0.1) is 0 Å². The quantitative estimate of drug-likeness (QED) is 0.423. The molecule has 0 radical (unpaired) electrons. The van der Waals surface area contributed by atoms with Crippen molar-refractivity contribution in [2.24, 2.45) is 0 Å². The lowest BCUT2D eigenvalue weighted by molar-refractivity contribution is -0.114. The Hall–Kier alpha value is -4.12. The molecule has 0 atom stereocenters. The molecule has 4 aromatic rings. The monoisotopic (exact) mass is 395 g/mol. The fraction of sp³-hybridized carbons (Fsp3) is 0.0400. The summed E-state index contributed by atoms with van der Waals surface area (Å²) in [6.45, 7) is 0.0441. The first-order chi connectivity index (χ1) is 14.7. The predicted octanol–water partition coefficient (Wildman–Crippen LogP) is 5.14. The molecule has 2 amide bonds. The number of anilines is 3. The molecule has 4 aromatic carbocycles. The van der Waals surface area contributed by atoms with Gasteiger partial charge in [-0.05, 0) is 47.2 Å². The van der Waals surface area contributed by atoms with Crippen LogP contribution in [0.3, 0.4) is 0 Å². The zero-order valence-corrected chi connectivity index (χ0v) is 16.3. The molecule has 0 saturated carbocycles. The summed E-state index contributed by atoms with van der Waals surface area (Å²) < 4.78 is 0. The van der Waals surface area contributed by atoms with Crippen molar-refractivity contribution < 1.29 is 9.59 Å². The number of fused-ring (bicyclic) bond motifs is 1. The second-order valence-corrected chi connectivity index (χ2v) is 6.83. The summed E-state index contributed by atoms with van der Waals surface area (Å²) in [5, 5.41) is 11.0. The maximum Gasteiger partial charge on any atom is 0.257 e. The molecule has 0 aromatic heterocycles. The van der Waals surface area contributed by atoms with Crippen LogP contribution in [0.1, 0.15) is 10.4 Å². The summed E-state index contributed by atoms with van der Waals surface area (Å²) >= 11 is 0. The van der Waals surface area contributed by atoms with Gasteiger partial charge in [-0.2, -0.15) is 0 Å². The molecule has 0 bridgehead atoms. The minimum atomic E-state index is -0.237. The topological polar surface area (TPSA) is 70.2 Å². The van der Waals surface area contributed by atoms with E-state index in [1.807, 2.05) is 78.9 Å². The second kappa shape index (κ2) is 8.92. The van der Waals surface area contributed by atoms with E-state index in [-0.39, 0.29) is 18.4 Å². The molecule has 0 aliphatic rings. The second-order valence-electron chi connectivity index (χ2n) is 6.83. The Morgan fingerprint density at radius 2 is 1.33 bits per heavy atom. The molecule has 0 aliphatic heterocycles. The van der Waals surface area contributed by atoms with E-state index in [4.69, 9.17) is 0 Å². The molecule has 0 unspecified atom stereocenters. The minimum Gasteiger partial charge on any atom is -0.376 e. The van der Waals surface area contributed by atoms with Crippen molar-refractivity contribution in [3.8, 4) is 0 Å². The van der Waals surface area contributed by atoms with Crippen LogP contribution in [0.2, 0.25) is 0 Å². The van der Waals surface area contributed by atoms with E-state index >= 15 is 0 Å². The Kier molecular flexibility index (Phi) is 5.71. The van der Waals surface area contributed by atoms with Crippen molar-refractivity contribution >= 4 is 39.6 Å². The molecule has 148 valence electrons. The molecule has 0 heterocycles. The molecule has 0 fully saturated rings. The van der Waals surface area contributed by atoms with Crippen LogP contribution in [0.25, 0.3) is 10.8 Å². The highest BCUT2D eigenvalue weighted by atomic mass is 16.2. The van der Waals surface area contributed by atoms with Crippen LogP contribution in [0.15, 0.2) is 97.1 Å². The van der Waals surface area contributed by atoms with E-state index < -0.39 is 0 Å². The van der Waals surface area contributed by atoms with E-state index in [9.17, 15) is 9.59 Å². The number of carbonyl (C=O) groups is 2. The highest BCUT2D eigenvalue weighted by Crippen LogP contribution is 2.20. The van der Waals surface area contributed by atoms with Crippen LogP contribution in [0.4, 0.5) is 17.1 Å². The number of benzene rings is 4. The Bertz CT molecular complexity index is 1190. The zero-order valence-electron chi connectivity index (χ0n) is 16.3. The minimum absolute atomic E-state index is 0.0441. The van der Waals surface area contributed by atoms with Gasteiger partial charge in [-0.25, -0.2) is 0 Å². The number of rotatable bonds is 6. The van der Waals surface area contributed by atoms with Crippen LogP contribution in [0.5, 0.6) is 0 Å². The third kappa shape index (κ3) is 4.64. The van der Waals surface area contributed by atoms with Gasteiger partial charge in [0, 0.05) is 17.1 Å². The van der Waals surface area contributed by atoms with Gasteiger partial charge in [0.05, 0.1) is 12.1 Å². The third-order valence-corrected chi connectivity index (χ3v) is 4.68. The maximum absolute atomic E-state index is 12.6. The van der Waals surface area contributed by atoms with Crippen molar-refractivity contribution in [1.29, 1.82) is 0 Å². The molecular weight excluding hydrogens is 374 g/mol. The highest BCUT2D eigenvalue weighted by molar-refractivity contribution is 6.08. The van der Waals surface area contributed by atoms with E-state index in [2.05, 4.69) is 16.0 Å². The van der Waals surface area contributed by atoms with Gasteiger partial charge >= 0.3 is 0 Å². The number of nitrogens with one attached hydrogen (secondary N) is 3. The smallest absolute Gasteiger partial charge is 0.257 e. The first kappa shape index (κ1) is 19.2. The molecular formula is C25H21N3O2. The van der Waals surface area contributed by atoms with Crippen molar-refractivity contribution in [2.45, 2.75) is 0 Å². The summed E-state index contributed by atoms with van der Waals surface area (Å²) in [5.74, 6) is -0.428. The maximum atomic E-state index is 12.6. The van der Waals surface area contributed by atoms with Crippen LogP contribution in [0, 0.1) is 0 Å². The van der Waals surface area contributed by atoms with Gasteiger partial charge in [0.25, 0.3) is 5.91 Å². The van der Waals surface area contributed by atoms with E-state index in [0.717, 1.165) is 16.5 Å². The Labute approximate surface area is 174 Å². The summed E-state index contributed by atoms with van der Waals surface area (Å²) in [6.07, 6.45) is 0. The summed E-state index contributed by atoms with van der Waals surface area (Å²) in [4.78, 5) is 25.1. The first-order valence-electron chi connectivity index (χ1n) is 9.67. The van der Waals surface area contributed by atoms with Crippen molar-refractivity contribution in [3.05, 3.63) is 103 Å². The lowest BCUT2D eigenvalue weighted by atomic mass is 10.1. The largest absolute Gasteiger partial charge is 0.376 e. The Morgan fingerprint density at radius 3 is 2.17 bits per heavy atom. The third-order valence-electron chi connectivity index (χ3n) is 4.68. The molecule has 0 spiro atoms. The van der Waals surface area contributed by atoms with Gasteiger partial charge < -0.3 is 16.0 Å². The number of carbonyl (C=O) groups excluding carboxylic acids is 2. The van der Waals surface area contributed by atoms with Gasteiger partial charge in [0.2, 0.25) is 5.91 Å². The summed E-state index contributed by atoms with van der Waals surface area (Å²) in [7, 11) is 0. The first-order valence-corrected chi connectivity index (χ1v) is 9.67. The number of hydrogen-bond donors (Lipinski definition) is 3. The van der Waals surface area contributed by atoms with Crippen molar-refractivity contribution in [2.75, 3.05) is 22.5 Å². The van der Waals surface area contributed by atoms with Crippen LogP contribution in [-0.4, -0.2) is 18.4 Å². The van der Waals surface area contributed by atoms with Crippen LogP contribution >= 0.6 is 0 Å². The standard InChI is InChI=1S/C25H21N3O2/c29-24(27-21-15-14-18-8-4-5-9-19(18)16-21)17-26-23-13-7-6-12-22(23)25(30)28-20-10-2-1-3-11-20/h1-16,26H,17H2,(H,27,29)(H,28,30). The Balaban J connectivity index is 1.40. The Morgan fingerprint density at radius 1 is 0.633 bits per heavy atom. The van der Waals surface area contributed by atoms with Crippen molar-refractivity contribution in [3.63, 3.8) is 0 Å². The van der Waals surface area contributed by atoms with Gasteiger partial charge in [-0.3, -0.25) is 9.59 Å². The molecule has 0 saturated heterocycles. The molecule has 0 aliphatic carbocycles. The number of amides is 2. The zero-order chi connectivity index (χ0) is 20.8.